The summed E-state index contributed by atoms with van der Waals surface area (Å²) in [7, 11) is -5.71. The number of hydrogen-bond acceptors (Lipinski definition) is 3. The van der Waals surface area contributed by atoms with E-state index in [4.69, 9.17) is 0 Å². The third-order valence-corrected chi connectivity index (χ3v) is 5.22. The van der Waals surface area contributed by atoms with E-state index in [2.05, 4.69) is 4.72 Å². The highest BCUT2D eigenvalue weighted by Crippen LogP contribution is 2.22. The van der Waals surface area contributed by atoms with Crippen molar-refractivity contribution in [1.29, 1.82) is 0 Å². The zero-order chi connectivity index (χ0) is 16.5. The summed E-state index contributed by atoms with van der Waals surface area (Å²) in [6, 6.07) is 7.07. The minimum atomic E-state index is -4.18. The molecule has 1 unspecified atom stereocenters. The van der Waals surface area contributed by atoms with Crippen molar-refractivity contribution in [2.75, 3.05) is 11.0 Å². The molecule has 0 radical (unpaired) electrons. The zero-order valence-corrected chi connectivity index (χ0v) is 13.4. The van der Waals surface area contributed by atoms with Crippen LogP contribution in [-0.2, 0) is 20.8 Å². The van der Waals surface area contributed by atoms with Gasteiger partial charge in [-0.25, -0.2) is 17.2 Å². The van der Waals surface area contributed by atoms with E-state index in [1.807, 2.05) is 0 Å². The average molecular weight is 345 g/mol. The van der Waals surface area contributed by atoms with Gasteiger partial charge in [-0.2, -0.15) is 0 Å². The second-order valence-electron chi connectivity index (χ2n) is 4.64. The molecule has 2 aromatic rings. The topological polar surface area (TPSA) is 63.2 Å². The van der Waals surface area contributed by atoms with Crippen molar-refractivity contribution in [3.05, 3.63) is 53.6 Å². The lowest BCUT2D eigenvalue weighted by Gasteiger charge is -2.10. The van der Waals surface area contributed by atoms with Gasteiger partial charge in [0.25, 0.3) is 10.0 Å². The molecule has 0 aliphatic rings. The van der Waals surface area contributed by atoms with Gasteiger partial charge in [-0.1, -0.05) is 6.07 Å². The van der Waals surface area contributed by atoms with Crippen molar-refractivity contribution in [2.45, 2.75) is 16.7 Å². The second kappa shape index (κ2) is 6.13. The third-order valence-electron chi connectivity index (χ3n) is 2.87. The fraction of sp³-hybridized carbons (Fsp3) is 0.143. The predicted octanol–water partition coefficient (Wildman–Crippen LogP) is 2.81. The Hall–Kier alpha value is -1.80. The van der Waals surface area contributed by atoms with Gasteiger partial charge in [-0.3, -0.25) is 8.93 Å². The monoisotopic (exact) mass is 345 g/mol. The van der Waals surface area contributed by atoms with Gasteiger partial charge in [0, 0.05) is 6.26 Å². The molecule has 0 saturated carbocycles. The molecule has 0 heterocycles. The molecule has 4 nitrogen and oxygen atoms in total. The lowest BCUT2D eigenvalue weighted by Crippen LogP contribution is -2.15. The molecule has 0 fully saturated rings. The third kappa shape index (κ3) is 3.50. The highest BCUT2D eigenvalue weighted by atomic mass is 32.2. The second-order valence-corrected chi connectivity index (χ2v) is 7.64. The molecule has 0 spiro atoms. The van der Waals surface area contributed by atoms with E-state index in [1.54, 1.807) is 6.92 Å². The maximum absolute atomic E-state index is 13.7. The van der Waals surface area contributed by atoms with Crippen LogP contribution in [-0.4, -0.2) is 18.9 Å². The molecule has 22 heavy (non-hydrogen) atoms. The lowest BCUT2D eigenvalue weighted by atomic mass is 10.2. The van der Waals surface area contributed by atoms with Crippen LogP contribution in [0.3, 0.4) is 0 Å². The average Bonchev–Trinajstić information content (AvgIpc) is 2.40. The fourth-order valence-corrected chi connectivity index (χ4v) is 3.63. The summed E-state index contributed by atoms with van der Waals surface area (Å²) in [5.74, 6) is -1.70. The Morgan fingerprint density at radius 1 is 1.05 bits per heavy atom. The molecule has 1 N–H and O–H groups in total. The van der Waals surface area contributed by atoms with Crippen LogP contribution in [0, 0.1) is 18.6 Å². The first kappa shape index (κ1) is 16.6. The van der Waals surface area contributed by atoms with E-state index in [0.717, 1.165) is 12.1 Å². The van der Waals surface area contributed by atoms with Gasteiger partial charge < -0.3 is 0 Å². The van der Waals surface area contributed by atoms with Gasteiger partial charge in [-0.15, -0.1) is 0 Å². The summed E-state index contributed by atoms with van der Waals surface area (Å²) >= 11 is 0. The van der Waals surface area contributed by atoms with Crippen LogP contribution in [0.4, 0.5) is 14.5 Å². The summed E-state index contributed by atoms with van der Waals surface area (Å²) in [5, 5.41) is 0. The molecule has 0 aliphatic heterocycles. The number of aryl methyl sites for hydroxylation is 1. The SMILES string of the molecule is Cc1ccc(F)c(S(=O)(=O)Nc2ccc(S(C)=O)c(F)c2)c1. The standard InChI is InChI=1S/C14H13F2NO3S2/c1-9-3-5-11(15)14(7-9)22(19,20)17-10-4-6-13(21(2)18)12(16)8-10/h3-8,17H,1-2H3. The van der Waals surface area contributed by atoms with Crippen molar-refractivity contribution in [2.24, 2.45) is 0 Å². The largest absolute Gasteiger partial charge is 0.279 e. The highest BCUT2D eigenvalue weighted by molar-refractivity contribution is 7.92. The molecular formula is C14H13F2NO3S2. The molecular weight excluding hydrogens is 332 g/mol. The first-order valence-electron chi connectivity index (χ1n) is 6.12. The summed E-state index contributed by atoms with van der Waals surface area (Å²) in [4.78, 5) is -0.555. The number of sulfonamides is 1. The molecule has 0 aromatic heterocycles. The molecule has 118 valence electrons. The lowest BCUT2D eigenvalue weighted by molar-refractivity contribution is 0.569. The summed E-state index contributed by atoms with van der Waals surface area (Å²) in [5.41, 5.74) is 0.497. The molecule has 2 rings (SSSR count). The number of anilines is 1. The highest BCUT2D eigenvalue weighted by Gasteiger charge is 2.20. The van der Waals surface area contributed by atoms with Gasteiger partial charge in [0.05, 0.1) is 21.4 Å². The number of halogens is 2. The van der Waals surface area contributed by atoms with Gasteiger partial charge in [0.2, 0.25) is 0 Å². The van der Waals surface area contributed by atoms with Crippen molar-refractivity contribution < 1.29 is 21.4 Å². The molecule has 0 aliphatic carbocycles. The Morgan fingerprint density at radius 3 is 2.32 bits per heavy atom. The van der Waals surface area contributed by atoms with Crippen molar-refractivity contribution in [3.8, 4) is 0 Å². The first-order chi connectivity index (χ1) is 10.2. The first-order valence-corrected chi connectivity index (χ1v) is 9.17. The molecule has 1 atom stereocenters. The van der Waals surface area contributed by atoms with Crippen molar-refractivity contribution in [3.63, 3.8) is 0 Å². The van der Waals surface area contributed by atoms with E-state index in [9.17, 15) is 21.4 Å². The summed E-state index contributed by atoms with van der Waals surface area (Å²) in [6.45, 7) is 1.63. The van der Waals surface area contributed by atoms with E-state index >= 15 is 0 Å². The summed E-state index contributed by atoms with van der Waals surface area (Å²) in [6.07, 6.45) is 1.31. The van der Waals surface area contributed by atoms with Crippen LogP contribution in [0.1, 0.15) is 5.56 Å². The Kier molecular flexibility index (Phi) is 4.62. The molecule has 0 saturated heterocycles. The van der Waals surface area contributed by atoms with Crippen LogP contribution >= 0.6 is 0 Å². The molecule has 8 heteroatoms. The van der Waals surface area contributed by atoms with Crippen LogP contribution in [0.5, 0.6) is 0 Å². The Balaban J connectivity index is 2.39. The van der Waals surface area contributed by atoms with Crippen LogP contribution in [0.15, 0.2) is 46.2 Å². The maximum Gasteiger partial charge on any atom is 0.264 e. The number of hydrogen-bond donors (Lipinski definition) is 1. The van der Waals surface area contributed by atoms with Gasteiger partial charge in [0.15, 0.2) is 0 Å². The van der Waals surface area contributed by atoms with Crippen LogP contribution in [0.25, 0.3) is 0 Å². The molecule has 2 aromatic carbocycles. The minimum Gasteiger partial charge on any atom is -0.279 e. The Bertz CT molecular complexity index is 851. The Labute approximate surface area is 129 Å². The fourth-order valence-electron chi connectivity index (χ4n) is 1.82. The summed E-state index contributed by atoms with van der Waals surface area (Å²) < 4.78 is 65.1. The normalized spacial score (nSPS) is 12.9. The maximum atomic E-state index is 13.7. The van der Waals surface area contributed by atoms with E-state index in [1.165, 1.54) is 30.5 Å². The van der Waals surface area contributed by atoms with Gasteiger partial charge in [-0.05, 0) is 42.8 Å². The minimum absolute atomic E-state index is 0.0373. The van der Waals surface area contributed by atoms with E-state index in [-0.39, 0.29) is 10.6 Å². The molecule has 0 bridgehead atoms. The number of rotatable bonds is 4. The van der Waals surface area contributed by atoms with Gasteiger partial charge >= 0.3 is 0 Å². The quantitative estimate of drug-likeness (QED) is 0.927. The number of nitrogens with one attached hydrogen (secondary N) is 1. The van der Waals surface area contributed by atoms with Crippen LogP contribution < -0.4 is 4.72 Å². The van der Waals surface area contributed by atoms with Gasteiger partial charge in [0.1, 0.15) is 16.5 Å². The Morgan fingerprint density at radius 2 is 1.73 bits per heavy atom. The molecule has 0 amide bonds. The van der Waals surface area contributed by atoms with Crippen molar-refractivity contribution in [1.82, 2.24) is 0 Å². The van der Waals surface area contributed by atoms with Crippen molar-refractivity contribution >= 4 is 26.5 Å². The van der Waals surface area contributed by atoms with E-state index < -0.39 is 37.4 Å². The predicted molar refractivity (Wildman–Crippen MR) is 80.7 cm³/mol. The number of benzene rings is 2. The zero-order valence-electron chi connectivity index (χ0n) is 11.8. The van der Waals surface area contributed by atoms with E-state index in [0.29, 0.717) is 5.56 Å². The van der Waals surface area contributed by atoms with Crippen LogP contribution in [0.2, 0.25) is 0 Å². The smallest absolute Gasteiger partial charge is 0.264 e.